The Kier molecular flexibility index (Phi) is 6.53. The van der Waals surface area contributed by atoms with Gasteiger partial charge in [0.25, 0.3) is 0 Å². The van der Waals surface area contributed by atoms with Crippen LogP contribution in [0.4, 0.5) is 0 Å². The van der Waals surface area contributed by atoms with Crippen LogP contribution in [0.3, 0.4) is 0 Å². The highest BCUT2D eigenvalue weighted by molar-refractivity contribution is 9.10. The van der Waals surface area contributed by atoms with E-state index in [0.29, 0.717) is 6.04 Å². The molecule has 0 heterocycles. The first-order chi connectivity index (χ1) is 8.02. The molecule has 17 heavy (non-hydrogen) atoms. The summed E-state index contributed by atoms with van der Waals surface area (Å²) < 4.78 is 1.04. The Morgan fingerprint density at radius 3 is 2.59 bits per heavy atom. The van der Waals surface area contributed by atoms with Gasteiger partial charge < -0.3 is 5.32 Å². The van der Waals surface area contributed by atoms with Gasteiger partial charge in [0.1, 0.15) is 0 Å². The largest absolute Gasteiger partial charge is 0.317 e. The molecule has 0 spiro atoms. The van der Waals surface area contributed by atoms with Crippen LogP contribution in [0.2, 0.25) is 5.02 Å². The molecule has 0 saturated carbocycles. The SMILES string of the molecule is CNC(CCc1ccc(Br)cc1Cl)CC(C)C. The van der Waals surface area contributed by atoms with Crippen LogP contribution < -0.4 is 5.32 Å². The number of benzene rings is 1. The van der Waals surface area contributed by atoms with Crippen LogP contribution in [0, 0.1) is 5.92 Å². The second kappa shape index (κ2) is 7.40. The van der Waals surface area contributed by atoms with E-state index >= 15 is 0 Å². The minimum atomic E-state index is 0.578. The molecular formula is C14H21BrClN. The lowest BCUT2D eigenvalue weighted by Gasteiger charge is -2.18. The van der Waals surface area contributed by atoms with Crippen LogP contribution in [0.25, 0.3) is 0 Å². The van der Waals surface area contributed by atoms with Crippen LogP contribution in [-0.4, -0.2) is 13.1 Å². The minimum absolute atomic E-state index is 0.578. The summed E-state index contributed by atoms with van der Waals surface area (Å²) in [6.07, 6.45) is 3.38. The van der Waals surface area contributed by atoms with E-state index in [0.717, 1.165) is 28.3 Å². The summed E-state index contributed by atoms with van der Waals surface area (Å²) in [5.41, 5.74) is 1.24. The third kappa shape index (κ3) is 5.41. The van der Waals surface area contributed by atoms with Gasteiger partial charge in [-0.3, -0.25) is 0 Å². The van der Waals surface area contributed by atoms with Gasteiger partial charge >= 0.3 is 0 Å². The van der Waals surface area contributed by atoms with Crippen LogP contribution in [-0.2, 0) is 6.42 Å². The lowest BCUT2D eigenvalue weighted by atomic mass is 9.97. The van der Waals surface area contributed by atoms with E-state index in [1.165, 1.54) is 12.0 Å². The Hall–Kier alpha value is -0.0500. The number of hydrogen-bond acceptors (Lipinski definition) is 1. The molecule has 0 saturated heterocycles. The minimum Gasteiger partial charge on any atom is -0.317 e. The van der Waals surface area contributed by atoms with Crippen molar-refractivity contribution in [3.63, 3.8) is 0 Å². The van der Waals surface area contributed by atoms with Crippen LogP contribution in [0.5, 0.6) is 0 Å². The predicted octanol–water partition coefficient (Wildman–Crippen LogP) is 4.67. The molecule has 0 aliphatic rings. The van der Waals surface area contributed by atoms with Gasteiger partial charge in [0.15, 0.2) is 0 Å². The third-order valence-electron chi connectivity index (χ3n) is 2.94. The maximum absolute atomic E-state index is 6.21. The summed E-state index contributed by atoms with van der Waals surface area (Å²) in [6, 6.07) is 6.70. The first-order valence-corrected chi connectivity index (χ1v) is 7.31. The molecule has 0 bridgehead atoms. The number of halogens is 2. The Bertz CT molecular complexity index is 352. The monoisotopic (exact) mass is 317 g/mol. The summed E-state index contributed by atoms with van der Waals surface area (Å²) in [7, 11) is 2.04. The average molecular weight is 319 g/mol. The molecule has 96 valence electrons. The van der Waals surface area contributed by atoms with Crippen molar-refractivity contribution in [3.8, 4) is 0 Å². The molecule has 1 unspecified atom stereocenters. The number of nitrogens with one attached hydrogen (secondary N) is 1. The van der Waals surface area contributed by atoms with E-state index < -0.39 is 0 Å². The molecule has 0 aromatic heterocycles. The fourth-order valence-corrected chi connectivity index (χ4v) is 2.77. The molecular weight excluding hydrogens is 298 g/mol. The van der Waals surface area contributed by atoms with Crippen LogP contribution >= 0.6 is 27.5 Å². The maximum atomic E-state index is 6.21. The van der Waals surface area contributed by atoms with Gasteiger partial charge in [-0.15, -0.1) is 0 Å². The highest BCUT2D eigenvalue weighted by Crippen LogP contribution is 2.23. The van der Waals surface area contributed by atoms with E-state index in [-0.39, 0.29) is 0 Å². The molecule has 3 heteroatoms. The van der Waals surface area contributed by atoms with Gasteiger partial charge in [0.2, 0.25) is 0 Å². The highest BCUT2D eigenvalue weighted by atomic mass is 79.9. The molecule has 1 N–H and O–H groups in total. The van der Waals surface area contributed by atoms with E-state index in [1.807, 2.05) is 13.1 Å². The number of rotatable bonds is 6. The van der Waals surface area contributed by atoms with E-state index in [2.05, 4.69) is 47.2 Å². The standard InChI is InChI=1S/C14H21BrClN/c1-10(2)8-13(17-3)7-5-11-4-6-12(15)9-14(11)16/h4,6,9-10,13,17H,5,7-8H2,1-3H3. The summed E-state index contributed by atoms with van der Waals surface area (Å²) in [4.78, 5) is 0. The molecule has 0 radical (unpaired) electrons. The van der Waals surface area contributed by atoms with Crippen LogP contribution in [0.15, 0.2) is 22.7 Å². The Balaban J connectivity index is 2.53. The zero-order chi connectivity index (χ0) is 12.8. The number of aryl methyl sites for hydroxylation is 1. The first kappa shape index (κ1) is 15.0. The quantitative estimate of drug-likeness (QED) is 0.803. The molecule has 1 aromatic rings. The van der Waals surface area contributed by atoms with Crippen molar-refractivity contribution >= 4 is 27.5 Å². The number of hydrogen-bond donors (Lipinski definition) is 1. The van der Waals surface area contributed by atoms with Gasteiger partial charge in [-0.2, -0.15) is 0 Å². The zero-order valence-corrected chi connectivity index (χ0v) is 13.1. The molecule has 1 atom stereocenters. The van der Waals surface area contributed by atoms with Crippen molar-refractivity contribution in [1.82, 2.24) is 5.32 Å². The van der Waals surface area contributed by atoms with Crippen molar-refractivity contribution in [1.29, 1.82) is 0 Å². The zero-order valence-electron chi connectivity index (χ0n) is 10.8. The maximum Gasteiger partial charge on any atom is 0.0449 e. The Morgan fingerprint density at radius 2 is 2.06 bits per heavy atom. The highest BCUT2D eigenvalue weighted by Gasteiger charge is 2.10. The molecule has 0 amide bonds. The van der Waals surface area contributed by atoms with Crippen molar-refractivity contribution in [2.45, 2.75) is 39.2 Å². The average Bonchev–Trinajstić information content (AvgIpc) is 2.25. The van der Waals surface area contributed by atoms with Crippen molar-refractivity contribution < 1.29 is 0 Å². The van der Waals surface area contributed by atoms with Gasteiger partial charge in [0, 0.05) is 15.5 Å². The van der Waals surface area contributed by atoms with E-state index in [9.17, 15) is 0 Å². The van der Waals surface area contributed by atoms with Gasteiger partial charge in [-0.25, -0.2) is 0 Å². The second-order valence-corrected chi connectivity index (χ2v) is 6.21. The van der Waals surface area contributed by atoms with E-state index in [4.69, 9.17) is 11.6 Å². The smallest absolute Gasteiger partial charge is 0.0449 e. The van der Waals surface area contributed by atoms with Crippen molar-refractivity contribution in [2.75, 3.05) is 7.05 Å². The lowest BCUT2D eigenvalue weighted by molar-refractivity contribution is 0.422. The van der Waals surface area contributed by atoms with Crippen LogP contribution in [0.1, 0.15) is 32.3 Å². The van der Waals surface area contributed by atoms with Gasteiger partial charge in [-0.05, 0) is 49.9 Å². The Morgan fingerprint density at radius 1 is 1.35 bits per heavy atom. The molecule has 0 fully saturated rings. The van der Waals surface area contributed by atoms with Gasteiger partial charge in [0.05, 0.1) is 0 Å². The normalized spacial score (nSPS) is 13.1. The Labute approximate surface area is 118 Å². The fourth-order valence-electron chi connectivity index (χ4n) is 2.00. The van der Waals surface area contributed by atoms with Gasteiger partial charge in [-0.1, -0.05) is 47.4 Å². The molecule has 1 nitrogen and oxygen atoms in total. The fraction of sp³-hybridized carbons (Fsp3) is 0.571. The molecule has 0 aliphatic heterocycles. The third-order valence-corrected chi connectivity index (χ3v) is 3.79. The molecule has 0 aliphatic carbocycles. The van der Waals surface area contributed by atoms with Crippen molar-refractivity contribution in [2.24, 2.45) is 5.92 Å². The summed E-state index contributed by atoms with van der Waals surface area (Å²) in [6.45, 7) is 4.52. The van der Waals surface area contributed by atoms with E-state index in [1.54, 1.807) is 0 Å². The molecule has 1 aromatic carbocycles. The topological polar surface area (TPSA) is 12.0 Å². The summed E-state index contributed by atoms with van der Waals surface area (Å²) in [5, 5.41) is 4.24. The molecule has 1 rings (SSSR count). The van der Waals surface area contributed by atoms with Crippen molar-refractivity contribution in [3.05, 3.63) is 33.3 Å². The lowest BCUT2D eigenvalue weighted by Crippen LogP contribution is -2.27. The first-order valence-electron chi connectivity index (χ1n) is 6.14. The summed E-state index contributed by atoms with van der Waals surface area (Å²) in [5.74, 6) is 0.729. The summed E-state index contributed by atoms with van der Waals surface area (Å²) >= 11 is 9.64. The predicted molar refractivity (Wildman–Crippen MR) is 79.8 cm³/mol. The second-order valence-electron chi connectivity index (χ2n) is 4.89.